The van der Waals surface area contributed by atoms with Gasteiger partial charge in [-0.05, 0) is 32.6 Å². The molecule has 2 heterocycles. The Morgan fingerprint density at radius 2 is 2.24 bits per heavy atom. The monoisotopic (exact) mass is 349 g/mol. The van der Waals surface area contributed by atoms with Crippen molar-refractivity contribution < 1.29 is 9.53 Å². The van der Waals surface area contributed by atoms with Crippen LogP contribution in [-0.2, 0) is 9.53 Å². The maximum absolute atomic E-state index is 12.5. The van der Waals surface area contributed by atoms with E-state index in [1.165, 1.54) is 12.8 Å². The lowest BCUT2D eigenvalue weighted by Crippen LogP contribution is -2.54. The number of hydrogen-bond acceptors (Lipinski definition) is 5. The van der Waals surface area contributed by atoms with Crippen molar-refractivity contribution in [3.63, 3.8) is 0 Å². The third-order valence-electron chi connectivity index (χ3n) is 5.43. The van der Waals surface area contributed by atoms with Gasteiger partial charge in [-0.3, -0.25) is 14.6 Å². The average Bonchev–Trinajstić information content (AvgIpc) is 3.33. The highest BCUT2D eigenvalue weighted by Crippen LogP contribution is 2.40. The molecule has 140 valence electrons. The highest BCUT2D eigenvalue weighted by molar-refractivity contribution is 5.91. The number of hydrogen-bond donors (Lipinski definition) is 1. The first-order valence-corrected chi connectivity index (χ1v) is 9.37. The summed E-state index contributed by atoms with van der Waals surface area (Å²) in [5.74, 6) is 1.56. The predicted molar refractivity (Wildman–Crippen MR) is 97.6 cm³/mol. The Bertz CT molecular complexity index is 572. The number of rotatable bonds is 8. The second kappa shape index (κ2) is 8.29. The summed E-state index contributed by atoms with van der Waals surface area (Å²) in [5, 5.41) is 7.45. The van der Waals surface area contributed by atoms with E-state index in [-0.39, 0.29) is 5.91 Å². The molecule has 1 aromatic rings. The summed E-state index contributed by atoms with van der Waals surface area (Å²) in [5.41, 5.74) is 0. The summed E-state index contributed by atoms with van der Waals surface area (Å²) in [6, 6.07) is 2.69. The largest absolute Gasteiger partial charge is 0.383 e. The zero-order valence-electron chi connectivity index (χ0n) is 15.6. The first-order chi connectivity index (χ1) is 12.1. The van der Waals surface area contributed by atoms with Gasteiger partial charge in [-0.1, -0.05) is 0 Å². The molecule has 0 aromatic carbocycles. The summed E-state index contributed by atoms with van der Waals surface area (Å²) in [4.78, 5) is 17.1. The van der Waals surface area contributed by atoms with E-state index in [4.69, 9.17) is 4.74 Å². The van der Waals surface area contributed by atoms with E-state index in [0.29, 0.717) is 24.5 Å². The molecule has 2 aliphatic rings. The lowest BCUT2D eigenvalue weighted by Gasteiger charge is -2.39. The molecule has 1 aliphatic heterocycles. The number of piperazine rings is 1. The molecule has 2 atom stereocenters. The molecule has 1 aliphatic carbocycles. The minimum absolute atomic E-state index is 0.0438. The average molecular weight is 349 g/mol. The molecule has 2 unspecified atom stereocenters. The normalized spacial score (nSPS) is 23.6. The van der Waals surface area contributed by atoms with Crippen molar-refractivity contribution in [2.75, 3.05) is 51.8 Å². The van der Waals surface area contributed by atoms with Gasteiger partial charge in [-0.15, -0.1) is 0 Å². The maximum Gasteiger partial charge on any atom is 0.239 e. The summed E-state index contributed by atoms with van der Waals surface area (Å²) in [6.45, 7) is 9.35. The van der Waals surface area contributed by atoms with E-state index < -0.39 is 0 Å². The summed E-state index contributed by atoms with van der Waals surface area (Å²) >= 11 is 0. The summed E-state index contributed by atoms with van der Waals surface area (Å²) in [6.07, 6.45) is 4.30. The number of nitrogens with zero attached hydrogens (tertiary/aromatic N) is 4. The van der Waals surface area contributed by atoms with Crippen LogP contribution in [-0.4, -0.2) is 78.0 Å². The zero-order valence-corrected chi connectivity index (χ0v) is 15.6. The van der Waals surface area contributed by atoms with Gasteiger partial charge < -0.3 is 10.1 Å². The molecular formula is C18H31N5O2. The van der Waals surface area contributed by atoms with Crippen molar-refractivity contribution >= 4 is 11.7 Å². The van der Waals surface area contributed by atoms with Gasteiger partial charge in [0.15, 0.2) is 0 Å². The van der Waals surface area contributed by atoms with Crippen LogP contribution in [0.25, 0.3) is 0 Å². The minimum Gasteiger partial charge on any atom is -0.383 e. The SMILES string of the molecule is COCCN1CCN(CC(=O)Nc2ccnn2C(C)C2CC2)CC1C. The van der Waals surface area contributed by atoms with Crippen LogP contribution in [0, 0.1) is 5.92 Å². The van der Waals surface area contributed by atoms with Gasteiger partial charge in [0, 0.05) is 45.4 Å². The first kappa shape index (κ1) is 18.4. The van der Waals surface area contributed by atoms with E-state index in [9.17, 15) is 4.79 Å². The third-order valence-corrected chi connectivity index (χ3v) is 5.43. The second-order valence-electron chi connectivity index (χ2n) is 7.40. The predicted octanol–water partition coefficient (Wildman–Crippen LogP) is 1.45. The highest BCUT2D eigenvalue weighted by Gasteiger charge is 2.31. The smallest absolute Gasteiger partial charge is 0.239 e. The van der Waals surface area contributed by atoms with Crippen LogP contribution in [0.4, 0.5) is 5.82 Å². The molecule has 0 radical (unpaired) electrons. The molecule has 1 N–H and O–H groups in total. The molecule has 7 nitrogen and oxygen atoms in total. The van der Waals surface area contributed by atoms with Crippen molar-refractivity contribution in [2.24, 2.45) is 5.92 Å². The second-order valence-corrected chi connectivity index (χ2v) is 7.40. The molecule has 0 spiro atoms. The van der Waals surface area contributed by atoms with Crippen molar-refractivity contribution in [3.8, 4) is 0 Å². The Hall–Kier alpha value is -1.44. The number of carbonyl (C=O) groups excluding carboxylic acids is 1. The molecule has 1 amide bonds. The highest BCUT2D eigenvalue weighted by atomic mass is 16.5. The Kier molecular flexibility index (Phi) is 6.09. The Morgan fingerprint density at radius 3 is 2.92 bits per heavy atom. The molecule has 0 bridgehead atoms. The molecule has 1 saturated heterocycles. The molecular weight excluding hydrogens is 318 g/mol. The lowest BCUT2D eigenvalue weighted by atomic mass is 10.2. The standard InChI is InChI=1S/C18H31N5O2/c1-14-12-21(8-9-22(14)10-11-25-3)13-18(24)20-17-6-7-19-23(17)15(2)16-4-5-16/h6-7,14-16H,4-5,8-13H2,1-3H3,(H,20,24). The molecule has 7 heteroatoms. The number of aromatic nitrogens is 2. The number of ether oxygens (including phenoxy) is 1. The van der Waals surface area contributed by atoms with Gasteiger partial charge in [0.1, 0.15) is 5.82 Å². The van der Waals surface area contributed by atoms with E-state index >= 15 is 0 Å². The van der Waals surface area contributed by atoms with Gasteiger partial charge in [-0.25, -0.2) is 4.68 Å². The number of carbonyl (C=O) groups is 1. The third kappa shape index (κ3) is 4.80. The molecule has 3 rings (SSSR count). The van der Waals surface area contributed by atoms with E-state index in [0.717, 1.165) is 38.6 Å². The van der Waals surface area contributed by atoms with Crippen LogP contribution < -0.4 is 5.32 Å². The van der Waals surface area contributed by atoms with E-state index in [2.05, 4.69) is 34.1 Å². The number of amides is 1. The quantitative estimate of drug-likeness (QED) is 0.770. The van der Waals surface area contributed by atoms with Crippen molar-refractivity contribution in [2.45, 2.75) is 38.8 Å². The maximum atomic E-state index is 12.5. The van der Waals surface area contributed by atoms with E-state index in [1.54, 1.807) is 13.3 Å². The minimum atomic E-state index is 0.0438. The Labute approximate surface area is 150 Å². The van der Waals surface area contributed by atoms with E-state index in [1.807, 2.05) is 10.7 Å². The van der Waals surface area contributed by atoms with Gasteiger partial charge >= 0.3 is 0 Å². The van der Waals surface area contributed by atoms with Crippen LogP contribution in [0.1, 0.15) is 32.7 Å². The van der Waals surface area contributed by atoms with Crippen molar-refractivity contribution in [3.05, 3.63) is 12.3 Å². The fourth-order valence-corrected chi connectivity index (χ4v) is 3.66. The molecule has 25 heavy (non-hydrogen) atoms. The summed E-state index contributed by atoms with van der Waals surface area (Å²) in [7, 11) is 1.74. The number of nitrogens with one attached hydrogen (secondary N) is 1. The van der Waals surface area contributed by atoms with Gasteiger partial charge in [0.25, 0.3) is 0 Å². The Balaban J connectivity index is 1.48. The lowest BCUT2D eigenvalue weighted by molar-refractivity contribution is -0.118. The molecule has 1 saturated carbocycles. The number of anilines is 1. The number of methoxy groups -OCH3 is 1. The van der Waals surface area contributed by atoms with Crippen molar-refractivity contribution in [1.82, 2.24) is 19.6 Å². The van der Waals surface area contributed by atoms with Gasteiger partial charge in [0.2, 0.25) is 5.91 Å². The van der Waals surface area contributed by atoms with Crippen LogP contribution >= 0.6 is 0 Å². The first-order valence-electron chi connectivity index (χ1n) is 9.37. The molecule has 1 aromatic heterocycles. The fourth-order valence-electron chi connectivity index (χ4n) is 3.66. The van der Waals surface area contributed by atoms with Crippen LogP contribution in [0.3, 0.4) is 0 Å². The zero-order chi connectivity index (χ0) is 17.8. The van der Waals surface area contributed by atoms with Gasteiger partial charge in [0.05, 0.1) is 25.4 Å². The van der Waals surface area contributed by atoms with Crippen LogP contribution in [0.5, 0.6) is 0 Å². The van der Waals surface area contributed by atoms with Crippen LogP contribution in [0.15, 0.2) is 12.3 Å². The van der Waals surface area contributed by atoms with Crippen molar-refractivity contribution in [1.29, 1.82) is 0 Å². The van der Waals surface area contributed by atoms with Crippen LogP contribution in [0.2, 0.25) is 0 Å². The summed E-state index contributed by atoms with van der Waals surface area (Å²) < 4.78 is 7.13. The molecule has 2 fully saturated rings. The fraction of sp³-hybridized carbons (Fsp3) is 0.778. The topological polar surface area (TPSA) is 62.6 Å². The Morgan fingerprint density at radius 1 is 1.44 bits per heavy atom. The van der Waals surface area contributed by atoms with Gasteiger partial charge in [-0.2, -0.15) is 5.10 Å².